The lowest BCUT2D eigenvalue weighted by Crippen LogP contribution is -3.00. The van der Waals surface area contributed by atoms with Crippen molar-refractivity contribution in [2.75, 3.05) is 0 Å². The van der Waals surface area contributed by atoms with Gasteiger partial charge in [0.1, 0.15) is 6.54 Å². The lowest BCUT2D eigenvalue weighted by Gasteiger charge is -2.00. The summed E-state index contributed by atoms with van der Waals surface area (Å²) in [5.41, 5.74) is 1.44. The predicted molar refractivity (Wildman–Crippen MR) is 74.0 cm³/mol. The van der Waals surface area contributed by atoms with Crippen molar-refractivity contribution in [2.24, 2.45) is 0 Å². The predicted octanol–water partition coefficient (Wildman–Crippen LogP) is 1.29. The Labute approximate surface area is 119 Å². The van der Waals surface area contributed by atoms with Crippen LogP contribution in [0.2, 0.25) is 0 Å². The minimum Gasteiger partial charge on any atom is -1.00 e. The maximum Gasteiger partial charge on any atom is 0.171 e. The van der Waals surface area contributed by atoms with Crippen molar-refractivity contribution in [3.05, 3.63) is 30.1 Å². The van der Waals surface area contributed by atoms with Crippen molar-refractivity contribution in [3.8, 4) is 0 Å². The molecule has 1 aromatic heterocycles. The molecule has 0 amide bonds. The van der Waals surface area contributed by atoms with Gasteiger partial charge in [-0.25, -0.2) is 4.57 Å². The van der Waals surface area contributed by atoms with Crippen LogP contribution in [-0.4, -0.2) is 0 Å². The molecule has 18 heavy (non-hydrogen) atoms. The van der Waals surface area contributed by atoms with Crippen molar-refractivity contribution in [2.45, 2.75) is 71.8 Å². The van der Waals surface area contributed by atoms with Gasteiger partial charge in [-0.3, -0.25) is 0 Å². The highest BCUT2D eigenvalue weighted by Crippen LogP contribution is 2.06. The largest absolute Gasteiger partial charge is 1.00 e. The molecule has 0 bridgehead atoms. The Kier molecular flexibility index (Phi) is 11.2. The number of unbranched alkanes of at least 4 members (excludes halogenated alkanes) is 6. The van der Waals surface area contributed by atoms with Crippen LogP contribution in [0.15, 0.2) is 24.5 Å². The molecule has 1 nitrogen and oxygen atoms in total. The van der Waals surface area contributed by atoms with E-state index in [1.165, 1.54) is 57.1 Å². The van der Waals surface area contributed by atoms with E-state index < -0.39 is 0 Å². The summed E-state index contributed by atoms with van der Waals surface area (Å²) in [4.78, 5) is 0. The molecule has 0 aliphatic carbocycles. The number of hydrogen-bond acceptors (Lipinski definition) is 0. The standard InChI is InChI=1S/C16H28N.ClH/c1-3-5-6-7-8-9-10-13-17-14-11-12-16(4-2)15-17;/h11-12,14-15H,3-10,13H2,1-2H3;1H/q+1;/p-1. The maximum atomic E-state index is 2.34. The van der Waals surface area contributed by atoms with Gasteiger partial charge in [-0.1, -0.05) is 46.0 Å². The first kappa shape index (κ1) is 17.4. The molecule has 0 fully saturated rings. The Morgan fingerprint density at radius 3 is 2.28 bits per heavy atom. The van der Waals surface area contributed by atoms with Crippen LogP contribution < -0.4 is 17.0 Å². The van der Waals surface area contributed by atoms with Gasteiger partial charge in [-0.15, -0.1) is 0 Å². The molecule has 0 saturated heterocycles. The molecule has 2 heteroatoms. The monoisotopic (exact) mass is 269 g/mol. The van der Waals surface area contributed by atoms with Crippen molar-refractivity contribution in [1.29, 1.82) is 0 Å². The lowest BCUT2D eigenvalue weighted by atomic mass is 10.1. The average molecular weight is 270 g/mol. The van der Waals surface area contributed by atoms with E-state index in [4.69, 9.17) is 0 Å². The zero-order chi connectivity index (χ0) is 12.3. The molecule has 0 N–H and O–H groups in total. The van der Waals surface area contributed by atoms with Crippen molar-refractivity contribution < 1.29 is 17.0 Å². The minimum absolute atomic E-state index is 0. The third-order valence-electron chi connectivity index (χ3n) is 3.35. The first-order valence-corrected chi connectivity index (χ1v) is 7.34. The van der Waals surface area contributed by atoms with E-state index in [1.54, 1.807) is 0 Å². The molecule has 0 saturated carbocycles. The Morgan fingerprint density at radius 2 is 1.61 bits per heavy atom. The summed E-state index contributed by atoms with van der Waals surface area (Å²) < 4.78 is 2.34. The number of aromatic nitrogens is 1. The number of hydrogen-bond donors (Lipinski definition) is 0. The van der Waals surface area contributed by atoms with Crippen molar-refractivity contribution in [1.82, 2.24) is 0 Å². The highest BCUT2D eigenvalue weighted by molar-refractivity contribution is 5.04. The van der Waals surface area contributed by atoms with Gasteiger partial charge in [0.05, 0.1) is 0 Å². The van der Waals surface area contributed by atoms with Crippen LogP contribution in [0, 0.1) is 0 Å². The van der Waals surface area contributed by atoms with Gasteiger partial charge in [0.15, 0.2) is 12.4 Å². The summed E-state index contributed by atoms with van der Waals surface area (Å²) in [6, 6.07) is 4.38. The van der Waals surface area contributed by atoms with E-state index in [-0.39, 0.29) is 12.4 Å². The Balaban J connectivity index is 0.00000289. The molecular weight excluding hydrogens is 242 g/mol. The summed E-state index contributed by atoms with van der Waals surface area (Å²) in [7, 11) is 0. The van der Waals surface area contributed by atoms with Gasteiger partial charge in [0.25, 0.3) is 0 Å². The van der Waals surface area contributed by atoms with Crippen LogP contribution in [0.1, 0.15) is 64.4 Å². The van der Waals surface area contributed by atoms with Gasteiger partial charge in [0, 0.05) is 18.1 Å². The first-order chi connectivity index (χ1) is 8.36. The Morgan fingerprint density at radius 1 is 0.944 bits per heavy atom. The van der Waals surface area contributed by atoms with Crippen LogP contribution in [0.5, 0.6) is 0 Å². The molecule has 104 valence electrons. The summed E-state index contributed by atoms with van der Waals surface area (Å²) in [5.74, 6) is 0. The molecule has 0 aromatic carbocycles. The Bertz CT molecular complexity index is 299. The second kappa shape index (κ2) is 11.5. The summed E-state index contributed by atoms with van der Waals surface area (Å²) in [6.45, 7) is 5.67. The zero-order valence-electron chi connectivity index (χ0n) is 12.0. The Hall–Kier alpha value is -0.560. The van der Waals surface area contributed by atoms with E-state index in [0.717, 1.165) is 6.42 Å². The fourth-order valence-electron chi connectivity index (χ4n) is 2.18. The molecule has 0 atom stereocenters. The number of rotatable bonds is 9. The minimum atomic E-state index is 0. The van der Waals surface area contributed by atoms with E-state index in [2.05, 4.69) is 42.9 Å². The molecule has 1 aromatic rings. The smallest absolute Gasteiger partial charge is 0.171 e. The highest BCUT2D eigenvalue weighted by atomic mass is 35.5. The fraction of sp³-hybridized carbons (Fsp3) is 0.688. The molecule has 1 rings (SSSR count). The van der Waals surface area contributed by atoms with Gasteiger partial charge in [0.2, 0.25) is 0 Å². The van der Waals surface area contributed by atoms with E-state index in [9.17, 15) is 0 Å². The molecule has 1 heterocycles. The maximum absolute atomic E-state index is 2.34. The summed E-state index contributed by atoms with van der Waals surface area (Å²) >= 11 is 0. The van der Waals surface area contributed by atoms with Gasteiger partial charge in [-0.05, 0) is 18.9 Å². The second-order valence-corrected chi connectivity index (χ2v) is 4.92. The van der Waals surface area contributed by atoms with Crippen LogP contribution in [0.25, 0.3) is 0 Å². The topological polar surface area (TPSA) is 3.88 Å². The van der Waals surface area contributed by atoms with Crippen LogP contribution in [0.4, 0.5) is 0 Å². The number of halogens is 1. The van der Waals surface area contributed by atoms with Crippen molar-refractivity contribution in [3.63, 3.8) is 0 Å². The molecule has 0 radical (unpaired) electrons. The third kappa shape index (κ3) is 7.71. The van der Waals surface area contributed by atoms with Gasteiger partial charge in [-0.2, -0.15) is 0 Å². The quantitative estimate of drug-likeness (QED) is 0.470. The number of aryl methyl sites for hydroxylation is 2. The molecule has 0 unspecified atom stereocenters. The van der Waals surface area contributed by atoms with E-state index in [0.29, 0.717) is 0 Å². The fourth-order valence-corrected chi connectivity index (χ4v) is 2.18. The second-order valence-electron chi connectivity index (χ2n) is 4.92. The van der Waals surface area contributed by atoms with Gasteiger partial charge >= 0.3 is 0 Å². The number of pyridine rings is 1. The van der Waals surface area contributed by atoms with Crippen LogP contribution in [-0.2, 0) is 13.0 Å². The highest BCUT2D eigenvalue weighted by Gasteiger charge is 2.01. The normalized spacial score (nSPS) is 10.1. The van der Waals surface area contributed by atoms with E-state index >= 15 is 0 Å². The summed E-state index contributed by atoms with van der Waals surface area (Å²) in [5, 5.41) is 0. The van der Waals surface area contributed by atoms with Gasteiger partial charge < -0.3 is 12.4 Å². The van der Waals surface area contributed by atoms with E-state index in [1.807, 2.05) is 0 Å². The van der Waals surface area contributed by atoms with Crippen LogP contribution >= 0.6 is 0 Å². The summed E-state index contributed by atoms with van der Waals surface area (Å²) in [6.07, 6.45) is 15.3. The SMILES string of the molecule is CCCCCCCCC[n+]1cccc(CC)c1.[Cl-]. The molecular formula is C16H28ClN. The first-order valence-electron chi connectivity index (χ1n) is 7.34. The van der Waals surface area contributed by atoms with Crippen LogP contribution in [0.3, 0.4) is 0 Å². The van der Waals surface area contributed by atoms with Crippen molar-refractivity contribution >= 4 is 0 Å². The average Bonchev–Trinajstić information content (AvgIpc) is 2.38. The molecule has 0 aliphatic heterocycles. The lowest BCUT2D eigenvalue weighted by molar-refractivity contribution is -0.697. The molecule has 0 aliphatic rings. The third-order valence-corrected chi connectivity index (χ3v) is 3.35. The zero-order valence-corrected chi connectivity index (χ0v) is 12.8. The molecule has 0 spiro atoms. The number of nitrogens with zero attached hydrogens (tertiary/aromatic N) is 1.